The van der Waals surface area contributed by atoms with Crippen molar-refractivity contribution in [2.75, 3.05) is 33.2 Å². The third-order valence-corrected chi connectivity index (χ3v) is 6.74. The van der Waals surface area contributed by atoms with Gasteiger partial charge in [-0.05, 0) is 26.1 Å². The number of ether oxygens (including phenoxy) is 3. The predicted octanol–water partition coefficient (Wildman–Crippen LogP) is 4.49. The average molecular weight is 535 g/mol. The molecule has 1 aliphatic heterocycles. The summed E-state index contributed by atoms with van der Waals surface area (Å²) in [6.07, 6.45) is -5.95. The maximum atomic E-state index is 14.6. The minimum atomic E-state index is -4.93. The molecule has 0 unspecified atom stereocenters. The zero-order valence-corrected chi connectivity index (χ0v) is 20.7. The molecule has 1 fully saturated rings. The lowest BCUT2D eigenvalue weighted by molar-refractivity contribution is -0.272. The Morgan fingerprint density at radius 2 is 1.89 bits per heavy atom. The summed E-state index contributed by atoms with van der Waals surface area (Å²) in [6.45, 7) is 2.10. The van der Waals surface area contributed by atoms with Crippen LogP contribution in [0.1, 0.15) is 37.1 Å². The molecule has 13 heteroatoms. The van der Waals surface area contributed by atoms with Gasteiger partial charge in [0.2, 0.25) is 5.82 Å². The molecule has 0 bridgehead atoms. The molecule has 1 aromatic heterocycles. The first-order valence-corrected chi connectivity index (χ1v) is 11.2. The van der Waals surface area contributed by atoms with Crippen LogP contribution >= 0.6 is 0 Å². The quantitative estimate of drug-likeness (QED) is 0.485. The Morgan fingerprint density at radius 3 is 2.46 bits per heavy atom. The first kappa shape index (κ1) is 28.7. The van der Waals surface area contributed by atoms with Gasteiger partial charge in [-0.3, -0.25) is 9.78 Å². The topological polar surface area (TPSA) is 81.7 Å². The van der Waals surface area contributed by atoms with Gasteiger partial charge in [0.05, 0.1) is 37.3 Å². The van der Waals surface area contributed by atoms with Crippen LogP contribution in [0.5, 0.6) is 5.75 Å². The van der Waals surface area contributed by atoms with E-state index in [1.807, 2.05) is 0 Å². The molecule has 1 aliphatic rings. The molecule has 7 nitrogen and oxygen atoms in total. The predicted molar refractivity (Wildman–Crippen MR) is 121 cm³/mol. The summed E-state index contributed by atoms with van der Waals surface area (Å²) in [5.41, 5.74) is -3.11. The smallest absolute Gasteiger partial charge is 0.417 e. The van der Waals surface area contributed by atoms with Crippen LogP contribution in [0.3, 0.4) is 0 Å². The van der Waals surface area contributed by atoms with E-state index in [9.17, 15) is 31.1 Å². The number of likely N-dealkylation sites (N-methyl/N-ethyl adjacent to an activating group) is 1. The molecule has 0 aliphatic carbocycles. The Kier molecular flexibility index (Phi) is 8.40. The van der Waals surface area contributed by atoms with Crippen molar-refractivity contribution >= 4 is 11.6 Å². The summed E-state index contributed by atoms with van der Waals surface area (Å²) in [5, 5.41) is 5.17. The Morgan fingerprint density at radius 1 is 1.22 bits per heavy atom. The van der Waals surface area contributed by atoms with E-state index in [0.717, 1.165) is 32.4 Å². The molecule has 37 heavy (non-hydrogen) atoms. The second-order valence-electron chi connectivity index (χ2n) is 8.82. The maximum absolute atomic E-state index is 14.6. The van der Waals surface area contributed by atoms with Gasteiger partial charge >= 0.3 is 6.18 Å². The van der Waals surface area contributed by atoms with E-state index in [-0.39, 0.29) is 17.9 Å². The molecular weight excluding hydrogens is 508 g/mol. The van der Waals surface area contributed by atoms with E-state index in [0.29, 0.717) is 5.69 Å². The van der Waals surface area contributed by atoms with Gasteiger partial charge < -0.3 is 24.8 Å². The number of halogens is 6. The highest BCUT2D eigenvalue weighted by Gasteiger charge is 2.66. The number of nitrogens with zero attached hydrogens (tertiary/aromatic N) is 1. The van der Waals surface area contributed by atoms with Crippen LogP contribution in [-0.4, -0.2) is 56.6 Å². The van der Waals surface area contributed by atoms with Crippen molar-refractivity contribution in [2.45, 2.75) is 43.7 Å². The molecule has 0 saturated carbocycles. The van der Waals surface area contributed by atoms with Crippen LogP contribution in [0, 0.1) is 23.4 Å². The van der Waals surface area contributed by atoms with Crippen LogP contribution in [0.2, 0.25) is 0 Å². The fraction of sp³-hybridized carbons (Fsp3) is 0.500. The number of anilines is 1. The van der Waals surface area contributed by atoms with Crippen molar-refractivity contribution in [3.05, 3.63) is 53.1 Å². The van der Waals surface area contributed by atoms with Crippen molar-refractivity contribution in [1.82, 2.24) is 10.3 Å². The molecule has 1 saturated heterocycles. The highest BCUT2D eigenvalue weighted by molar-refractivity contribution is 5.95. The lowest BCUT2D eigenvalue weighted by atomic mass is 9.77. The standard InChI is InChI=1S/C24H27F6N3O4/c1-11-18(12-6-7-13(25)19(27)20(12)36-5)21(37-23(11,2)24(28,29)30)22(34)33-15-8-16(32-9-14(15)26)17(31-3)10-35-4/h6-9,11,17-18,21,31H,10H2,1-5H3,(H,32,33,34)/t11-,17+,18-,21+,23+/m0/s1. The summed E-state index contributed by atoms with van der Waals surface area (Å²) in [4.78, 5) is 17.3. The average Bonchev–Trinajstić information content (AvgIpc) is 3.12. The molecule has 204 valence electrons. The van der Waals surface area contributed by atoms with E-state index < -0.39 is 64.9 Å². The van der Waals surface area contributed by atoms with Crippen LogP contribution in [0.15, 0.2) is 24.4 Å². The first-order chi connectivity index (χ1) is 17.3. The van der Waals surface area contributed by atoms with Gasteiger partial charge in [0, 0.05) is 24.5 Å². The number of carbonyl (C=O) groups excluding carboxylic acids is 1. The molecule has 2 N–H and O–H groups in total. The van der Waals surface area contributed by atoms with Crippen molar-refractivity contribution in [3.63, 3.8) is 0 Å². The van der Waals surface area contributed by atoms with Gasteiger partial charge in [0.25, 0.3) is 5.91 Å². The molecule has 2 heterocycles. The zero-order valence-electron chi connectivity index (χ0n) is 20.7. The van der Waals surface area contributed by atoms with Crippen molar-refractivity contribution in [1.29, 1.82) is 0 Å². The number of alkyl halides is 3. The number of methoxy groups -OCH3 is 2. The monoisotopic (exact) mass is 535 g/mol. The van der Waals surface area contributed by atoms with E-state index in [1.54, 1.807) is 7.05 Å². The van der Waals surface area contributed by atoms with Crippen LogP contribution < -0.4 is 15.4 Å². The normalized spacial score (nSPS) is 24.7. The molecular formula is C24H27F6N3O4. The van der Waals surface area contributed by atoms with E-state index >= 15 is 0 Å². The van der Waals surface area contributed by atoms with Crippen molar-refractivity contribution < 1.29 is 45.3 Å². The van der Waals surface area contributed by atoms with Gasteiger partial charge in [-0.2, -0.15) is 17.6 Å². The van der Waals surface area contributed by atoms with Gasteiger partial charge in [-0.15, -0.1) is 0 Å². The van der Waals surface area contributed by atoms with E-state index in [4.69, 9.17) is 14.2 Å². The minimum Gasteiger partial charge on any atom is -0.493 e. The third kappa shape index (κ3) is 5.25. The maximum Gasteiger partial charge on any atom is 0.417 e. The summed E-state index contributed by atoms with van der Waals surface area (Å²) < 4.78 is 100. The zero-order chi connectivity index (χ0) is 27.7. The second kappa shape index (κ2) is 10.8. The van der Waals surface area contributed by atoms with Gasteiger partial charge in [-0.25, -0.2) is 8.78 Å². The van der Waals surface area contributed by atoms with Crippen molar-refractivity contribution in [3.8, 4) is 5.75 Å². The van der Waals surface area contributed by atoms with Crippen LogP contribution in [-0.2, 0) is 14.3 Å². The lowest BCUT2D eigenvalue weighted by Gasteiger charge is -2.32. The molecule has 5 atom stereocenters. The number of hydrogen-bond donors (Lipinski definition) is 2. The fourth-order valence-electron chi connectivity index (χ4n) is 4.47. The number of aromatic nitrogens is 1. The molecule has 1 amide bonds. The SMILES string of the molecule is CN[C@H](COC)c1cc(NC(=O)[C@@H]2O[C@@](C)(C(F)(F)F)[C@@H](C)[C@H]2c2ccc(F)c(F)c2OC)c(F)cn1. The second-order valence-corrected chi connectivity index (χ2v) is 8.82. The van der Waals surface area contributed by atoms with E-state index in [1.165, 1.54) is 20.1 Å². The number of pyridine rings is 1. The Hall–Kier alpha value is -2.90. The number of nitrogens with one attached hydrogen (secondary N) is 2. The molecule has 3 rings (SSSR count). The van der Waals surface area contributed by atoms with Gasteiger partial charge in [0.1, 0.15) is 6.10 Å². The van der Waals surface area contributed by atoms with E-state index in [2.05, 4.69) is 15.6 Å². The largest absolute Gasteiger partial charge is 0.493 e. The van der Waals surface area contributed by atoms with Crippen LogP contribution in [0.25, 0.3) is 0 Å². The minimum absolute atomic E-state index is 0.160. The number of benzene rings is 1. The van der Waals surface area contributed by atoms with Crippen molar-refractivity contribution in [2.24, 2.45) is 5.92 Å². The summed E-state index contributed by atoms with van der Waals surface area (Å²) >= 11 is 0. The highest BCUT2D eigenvalue weighted by atomic mass is 19.4. The molecule has 1 aromatic carbocycles. The Balaban J connectivity index is 2.06. The summed E-state index contributed by atoms with van der Waals surface area (Å²) in [5.74, 6) is -8.31. The fourth-order valence-corrected chi connectivity index (χ4v) is 4.47. The van der Waals surface area contributed by atoms with Gasteiger partial charge in [0.15, 0.2) is 23.0 Å². The number of hydrogen-bond acceptors (Lipinski definition) is 6. The summed E-state index contributed by atoms with van der Waals surface area (Å²) in [6, 6.07) is 2.50. The Labute approximate surface area is 209 Å². The summed E-state index contributed by atoms with van der Waals surface area (Å²) in [7, 11) is 4.07. The lowest BCUT2D eigenvalue weighted by Crippen LogP contribution is -2.47. The van der Waals surface area contributed by atoms with Crippen LogP contribution in [0.4, 0.5) is 32.0 Å². The Bertz CT molecular complexity index is 1150. The number of amides is 1. The number of carbonyl (C=O) groups is 1. The molecule has 0 radical (unpaired) electrons. The number of rotatable bonds is 8. The van der Waals surface area contributed by atoms with Gasteiger partial charge in [-0.1, -0.05) is 13.0 Å². The molecule has 0 spiro atoms. The third-order valence-electron chi connectivity index (χ3n) is 6.74. The molecule has 2 aromatic rings. The first-order valence-electron chi connectivity index (χ1n) is 11.2. The highest BCUT2D eigenvalue weighted by Crippen LogP contribution is 2.55.